The van der Waals surface area contributed by atoms with Crippen LogP contribution < -0.4 is 4.74 Å². The highest BCUT2D eigenvalue weighted by Gasteiger charge is 2.24. The lowest BCUT2D eigenvalue weighted by molar-refractivity contribution is 0.0581. The number of ether oxygens (including phenoxy) is 1. The summed E-state index contributed by atoms with van der Waals surface area (Å²) in [4.78, 5) is 16.4. The molecule has 0 atom stereocenters. The van der Waals surface area contributed by atoms with E-state index in [1.54, 1.807) is 6.07 Å². The fourth-order valence-electron chi connectivity index (χ4n) is 2.60. The number of carbonyl (C=O) groups excluding carboxylic acids is 1. The molecule has 6 heteroatoms. The number of hydrogen-bond acceptors (Lipinski definition) is 5. The van der Waals surface area contributed by atoms with E-state index in [9.17, 15) is 4.79 Å². The van der Waals surface area contributed by atoms with Crippen molar-refractivity contribution in [3.05, 3.63) is 47.9 Å². The summed E-state index contributed by atoms with van der Waals surface area (Å²) >= 11 is 0. The molecule has 1 fully saturated rings. The third-order valence-electron chi connectivity index (χ3n) is 3.92. The average Bonchev–Trinajstić information content (AvgIpc) is 3.02. The molecule has 3 rings (SSSR count). The van der Waals surface area contributed by atoms with Gasteiger partial charge in [0.2, 0.25) is 5.76 Å². The van der Waals surface area contributed by atoms with Crippen molar-refractivity contribution in [2.24, 2.45) is 0 Å². The van der Waals surface area contributed by atoms with Gasteiger partial charge in [-0.25, -0.2) is 0 Å². The van der Waals surface area contributed by atoms with Crippen molar-refractivity contribution in [3.63, 3.8) is 0 Å². The summed E-state index contributed by atoms with van der Waals surface area (Å²) in [7, 11) is 0. The van der Waals surface area contributed by atoms with Gasteiger partial charge in [-0.3, -0.25) is 9.69 Å². The largest absolute Gasteiger partial charge is 0.492 e. The average molecular weight is 315 g/mol. The van der Waals surface area contributed by atoms with Crippen LogP contribution in [0, 0.1) is 6.92 Å². The van der Waals surface area contributed by atoms with Crippen LogP contribution in [0.25, 0.3) is 0 Å². The minimum atomic E-state index is -0.0780. The third-order valence-corrected chi connectivity index (χ3v) is 3.92. The Balaban J connectivity index is 1.41. The molecule has 2 aromatic rings. The molecule has 1 aliphatic heterocycles. The molecule has 0 unspecified atom stereocenters. The van der Waals surface area contributed by atoms with Gasteiger partial charge in [0.25, 0.3) is 5.91 Å². The first-order valence-electron chi connectivity index (χ1n) is 7.85. The van der Waals surface area contributed by atoms with Crippen molar-refractivity contribution in [3.8, 4) is 5.75 Å². The van der Waals surface area contributed by atoms with Crippen LogP contribution in [0.5, 0.6) is 5.75 Å². The molecule has 23 heavy (non-hydrogen) atoms. The second-order valence-electron chi connectivity index (χ2n) is 5.63. The van der Waals surface area contributed by atoms with Crippen LogP contribution in [-0.4, -0.2) is 60.2 Å². The van der Waals surface area contributed by atoms with Gasteiger partial charge in [0.05, 0.1) is 5.69 Å². The van der Waals surface area contributed by atoms with Crippen molar-refractivity contribution >= 4 is 5.91 Å². The number of nitrogens with zero attached hydrogens (tertiary/aromatic N) is 3. The molecule has 1 amide bonds. The van der Waals surface area contributed by atoms with Crippen molar-refractivity contribution in [2.75, 3.05) is 39.3 Å². The number of carbonyl (C=O) groups is 1. The summed E-state index contributed by atoms with van der Waals surface area (Å²) in [5.41, 5.74) is 0.727. The summed E-state index contributed by atoms with van der Waals surface area (Å²) in [6.07, 6.45) is 0. The third kappa shape index (κ3) is 4.10. The molecule has 6 nitrogen and oxygen atoms in total. The molecular weight excluding hydrogens is 294 g/mol. The number of hydrogen-bond donors (Lipinski definition) is 0. The predicted molar refractivity (Wildman–Crippen MR) is 85.5 cm³/mol. The minimum absolute atomic E-state index is 0.0780. The monoisotopic (exact) mass is 315 g/mol. The van der Waals surface area contributed by atoms with E-state index in [-0.39, 0.29) is 5.91 Å². The lowest BCUT2D eigenvalue weighted by Crippen LogP contribution is -2.49. The van der Waals surface area contributed by atoms with E-state index in [0.29, 0.717) is 25.5 Å². The van der Waals surface area contributed by atoms with Crippen molar-refractivity contribution < 1.29 is 14.1 Å². The first-order valence-corrected chi connectivity index (χ1v) is 7.85. The van der Waals surface area contributed by atoms with Crippen molar-refractivity contribution in [1.82, 2.24) is 15.0 Å². The number of para-hydroxylation sites is 1. The molecule has 0 N–H and O–H groups in total. The van der Waals surface area contributed by atoms with E-state index < -0.39 is 0 Å². The van der Waals surface area contributed by atoms with E-state index in [0.717, 1.165) is 31.1 Å². The van der Waals surface area contributed by atoms with Crippen molar-refractivity contribution in [1.29, 1.82) is 0 Å². The maximum absolute atomic E-state index is 12.3. The molecule has 0 aliphatic carbocycles. The lowest BCUT2D eigenvalue weighted by atomic mass is 10.2. The Morgan fingerprint density at radius 3 is 2.61 bits per heavy atom. The molecule has 0 spiro atoms. The van der Waals surface area contributed by atoms with Gasteiger partial charge in [-0.05, 0) is 19.1 Å². The Morgan fingerprint density at radius 1 is 1.22 bits per heavy atom. The first-order chi connectivity index (χ1) is 11.2. The first kappa shape index (κ1) is 15.6. The molecule has 1 aromatic heterocycles. The molecule has 1 saturated heterocycles. The van der Waals surface area contributed by atoms with Gasteiger partial charge in [-0.15, -0.1) is 0 Å². The standard InChI is InChI=1S/C17H21N3O3/c1-14-13-16(23-18-14)17(21)20-9-7-19(8-10-20)11-12-22-15-5-3-2-4-6-15/h2-6,13H,7-12H2,1H3. The number of aryl methyl sites for hydroxylation is 1. The van der Waals surface area contributed by atoms with E-state index >= 15 is 0 Å². The fraction of sp³-hybridized carbons (Fsp3) is 0.412. The van der Waals surface area contributed by atoms with Gasteiger partial charge in [0.1, 0.15) is 12.4 Å². The highest BCUT2D eigenvalue weighted by Crippen LogP contribution is 2.11. The Morgan fingerprint density at radius 2 is 1.96 bits per heavy atom. The van der Waals surface area contributed by atoms with Gasteiger partial charge in [0.15, 0.2) is 0 Å². The second kappa shape index (κ2) is 7.28. The van der Waals surface area contributed by atoms with Gasteiger partial charge in [-0.2, -0.15) is 0 Å². The lowest BCUT2D eigenvalue weighted by Gasteiger charge is -2.34. The van der Waals surface area contributed by atoms with Crippen LogP contribution in [0.1, 0.15) is 16.2 Å². The Bertz CT molecular complexity index is 634. The van der Waals surface area contributed by atoms with Crippen LogP contribution in [0.2, 0.25) is 0 Å². The molecule has 2 heterocycles. The zero-order valence-electron chi connectivity index (χ0n) is 13.3. The highest BCUT2D eigenvalue weighted by molar-refractivity contribution is 5.91. The zero-order chi connectivity index (χ0) is 16.1. The van der Waals surface area contributed by atoms with Gasteiger partial charge >= 0.3 is 0 Å². The zero-order valence-corrected chi connectivity index (χ0v) is 13.3. The Labute approximate surface area is 135 Å². The number of benzene rings is 1. The molecule has 0 bridgehead atoms. The second-order valence-corrected chi connectivity index (χ2v) is 5.63. The summed E-state index contributed by atoms with van der Waals surface area (Å²) in [6.45, 7) is 6.41. The molecular formula is C17H21N3O3. The Kier molecular flexibility index (Phi) is 4.92. The van der Waals surface area contributed by atoms with Crippen LogP contribution in [0.3, 0.4) is 0 Å². The molecule has 1 aliphatic rings. The normalized spacial score (nSPS) is 15.6. The number of rotatable bonds is 5. The molecule has 0 radical (unpaired) electrons. The number of piperazine rings is 1. The maximum atomic E-state index is 12.3. The van der Waals surface area contributed by atoms with E-state index in [1.165, 1.54) is 0 Å². The van der Waals surface area contributed by atoms with Crippen LogP contribution in [0.15, 0.2) is 40.9 Å². The smallest absolute Gasteiger partial charge is 0.292 e. The molecule has 122 valence electrons. The number of amides is 1. The molecule has 0 saturated carbocycles. The fourth-order valence-corrected chi connectivity index (χ4v) is 2.60. The van der Waals surface area contributed by atoms with Gasteiger partial charge in [0, 0.05) is 38.8 Å². The van der Waals surface area contributed by atoms with Gasteiger partial charge < -0.3 is 14.2 Å². The van der Waals surface area contributed by atoms with E-state index in [4.69, 9.17) is 9.26 Å². The molecule has 1 aromatic carbocycles. The summed E-state index contributed by atoms with van der Waals surface area (Å²) in [6, 6.07) is 11.5. The van der Waals surface area contributed by atoms with Crippen LogP contribution >= 0.6 is 0 Å². The van der Waals surface area contributed by atoms with E-state index in [2.05, 4.69) is 10.1 Å². The predicted octanol–water partition coefficient (Wildman–Crippen LogP) is 1.82. The Hall–Kier alpha value is -2.34. The quantitative estimate of drug-likeness (QED) is 0.842. The summed E-state index contributed by atoms with van der Waals surface area (Å²) in [5.74, 6) is 1.14. The summed E-state index contributed by atoms with van der Waals surface area (Å²) in [5, 5.41) is 3.77. The topological polar surface area (TPSA) is 58.8 Å². The van der Waals surface area contributed by atoms with Gasteiger partial charge in [-0.1, -0.05) is 23.4 Å². The van der Waals surface area contributed by atoms with Crippen LogP contribution in [0.4, 0.5) is 0 Å². The minimum Gasteiger partial charge on any atom is -0.492 e. The van der Waals surface area contributed by atoms with Crippen LogP contribution in [-0.2, 0) is 0 Å². The highest BCUT2D eigenvalue weighted by atomic mass is 16.5. The maximum Gasteiger partial charge on any atom is 0.292 e. The summed E-state index contributed by atoms with van der Waals surface area (Å²) < 4.78 is 10.8. The SMILES string of the molecule is Cc1cc(C(=O)N2CCN(CCOc3ccccc3)CC2)on1. The van der Waals surface area contributed by atoms with Crippen molar-refractivity contribution in [2.45, 2.75) is 6.92 Å². The van der Waals surface area contributed by atoms with E-state index in [1.807, 2.05) is 42.2 Å². The number of aromatic nitrogens is 1.